The van der Waals surface area contributed by atoms with Gasteiger partial charge < -0.3 is 15.0 Å². The summed E-state index contributed by atoms with van der Waals surface area (Å²) in [5.74, 6) is 0.286. The zero-order chi connectivity index (χ0) is 19.4. The first-order chi connectivity index (χ1) is 12.8. The molecule has 1 atom stereocenters. The number of rotatable bonds is 6. The van der Waals surface area contributed by atoms with E-state index in [0.717, 1.165) is 32.8 Å². The molecule has 0 radical (unpaired) electrons. The van der Waals surface area contributed by atoms with Crippen LogP contribution in [0.2, 0.25) is 0 Å². The van der Waals surface area contributed by atoms with Gasteiger partial charge in [-0.2, -0.15) is 0 Å². The van der Waals surface area contributed by atoms with E-state index in [1.165, 1.54) is 4.90 Å². The molecule has 3 heterocycles. The molecule has 0 bridgehead atoms. The number of nitrogens with one attached hydrogen (secondary N) is 1. The van der Waals surface area contributed by atoms with Crippen molar-refractivity contribution in [3.8, 4) is 0 Å². The van der Waals surface area contributed by atoms with Crippen molar-refractivity contribution in [3.05, 3.63) is 17.5 Å². The molecule has 2 saturated heterocycles. The zero-order valence-electron chi connectivity index (χ0n) is 15.8. The Bertz CT molecular complexity index is 780. The van der Waals surface area contributed by atoms with Crippen LogP contribution < -0.4 is 5.32 Å². The first-order valence-electron chi connectivity index (χ1n) is 9.21. The smallest absolute Gasteiger partial charge is 0.272 e. The molecule has 1 aromatic rings. The molecule has 3 rings (SSSR count). The average Bonchev–Trinajstić information content (AvgIpc) is 3.01. The highest BCUT2D eigenvalue weighted by Crippen LogP contribution is 2.18. The van der Waals surface area contributed by atoms with Gasteiger partial charge in [0.15, 0.2) is 9.84 Å². The van der Waals surface area contributed by atoms with Crippen molar-refractivity contribution >= 4 is 21.7 Å². The molecule has 1 unspecified atom stereocenters. The van der Waals surface area contributed by atoms with Gasteiger partial charge in [-0.1, -0.05) is 0 Å². The van der Waals surface area contributed by atoms with Crippen LogP contribution in [-0.4, -0.2) is 98.1 Å². The fourth-order valence-electron chi connectivity index (χ4n) is 3.34. The van der Waals surface area contributed by atoms with Crippen molar-refractivity contribution in [2.45, 2.75) is 19.4 Å². The molecule has 150 valence electrons. The Balaban J connectivity index is 1.61. The molecule has 9 nitrogen and oxygen atoms in total. The summed E-state index contributed by atoms with van der Waals surface area (Å²) < 4.78 is 28.7. The second kappa shape index (κ2) is 8.49. The van der Waals surface area contributed by atoms with Crippen molar-refractivity contribution in [2.75, 3.05) is 63.3 Å². The lowest BCUT2D eigenvalue weighted by Gasteiger charge is -2.26. The first kappa shape index (κ1) is 20.0. The molecule has 1 N–H and O–H groups in total. The van der Waals surface area contributed by atoms with E-state index in [1.807, 2.05) is 6.92 Å². The summed E-state index contributed by atoms with van der Waals surface area (Å²) in [5.41, 5.74) is 0.970. The van der Waals surface area contributed by atoms with Crippen LogP contribution >= 0.6 is 0 Å². The second-order valence-corrected chi connectivity index (χ2v) is 9.30. The number of amides is 1. The molecular formula is C17H27N5O4S. The van der Waals surface area contributed by atoms with Crippen LogP contribution in [0.4, 0.5) is 5.95 Å². The highest BCUT2D eigenvalue weighted by molar-refractivity contribution is 7.91. The van der Waals surface area contributed by atoms with E-state index in [1.54, 1.807) is 13.1 Å². The van der Waals surface area contributed by atoms with Gasteiger partial charge >= 0.3 is 0 Å². The van der Waals surface area contributed by atoms with Gasteiger partial charge in [0.25, 0.3) is 5.91 Å². The lowest BCUT2D eigenvalue weighted by molar-refractivity contribution is 0.0398. The normalized spacial score (nSPS) is 22.5. The van der Waals surface area contributed by atoms with Crippen molar-refractivity contribution in [1.82, 2.24) is 19.8 Å². The molecular weight excluding hydrogens is 370 g/mol. The quantitative estimate of drug-likeness (QED) is 0.703. The molecule has 1 aromatic heterocycles. The Morgan fingerprint density at radius 3 is 2.78 bits per heavy atom. The third-order valence-corrected chi connectivity index (χ3v) is 6.72. The number of aromatic nitrogens is 2. The van der Waals surface area contributed by atoms with E-state index >= 15 is 0 Å². The van der Waals surface area contributed by atoms with Gasteiger partial charge in [-0.25, -0.2) is 18.4 Å². The molecule has 2 aliphatic rings. The highest BCUT2D eigenvalue weighted by atomic mass is 32.2. The van der Waals surface area contributed by atoms with E-state index < -0.39 is 9.84 Å². The number of carbonyl (C=O) groups excluding carboxylic acids is 1. The Hall–Kier alpha value is -1.78. The average molecular weight is 398 g/mol. The van der Waals surface area contributed by atoms with Crippen LogP contribution in [0.3, 0.4) is 0 Å². The SMILES string of the molecule is Cc1cc(C(=O)N(C)C2CCS(=O)(=O)C2)nc(NCCN2CCOCC2)n1. The van der Waals surface area contributed by atoms with Gasteiger partial charge in [0.1, 0.15) is 5.69 Å². The van der Waals surface area contributed by atoms with Crippen LogP contribution in [0.15, 0.2) is 6.07 Å². The van der Waals surface area contributed by atoms with Crippen LogP contribution in [-0.2, 0) is 14.6 Å². The summed E-state index contributed by atoms with van der Waals surface area (Å²) in [6.07, 6.45) is 0.472. The minimum Gasteiger partial charge on any atom is -0.379 e. The maximum absolute atomic E-state index is 12.8. The van der Waals surface area contributed by atoms with E-state index in [9.17, 15) is 13.2 Å². The molecule has 0 aromatic carbocycles. The molecule has 1 amide bonds. The van der Waals surface area contributed by atoms with Crippen LogP contribution in [0.25, 0.3) is 0 Å². The van der Waals surface area contributed by atoms with Crippen LogP contribution in [0.1, 0.15) is 22.6 Å². The van der Waals surface area contributed by atoms with Gasteiger partial charge in [-0.05, 0) is 19.4 Å². The number of hydrogen-bond acceptors (Lipinski definition) is 8. The molecule has 2 fully saturated rings. The van der Waals surface area contributed by atoms with Gasteiger partial charge in [0.2, 0.25) is 5.95 Å². The van der Waals surface area contributed by atoms with Gasteiger partial charge in [0, 0.05) is 45.0 Å². The molecule has 0 aliphatic carbocycles. The Morgan fingerprint density at radius 2 is 2.11 bits per heavy atom. The van der Waals surface area contributed by atoms with Crippen molar-refractivity contribution in [2.24, 2.45) is 0 Å². The highest BCUT2D eigenvalue weighted by Gasteiger charge is 2.33. The Kier molecular flexibility index (Phi) is 6.28. The Morgan fingerprint density at radius 1 is 1.37 bits per heavy atom. The summed E-state index contributed by atoms with van der Waals surface area (Å²) in [7, 11) is -1.41. The standard InChI is InChI=1S/C17H27N5O4S/c1-13-11-15(16(23)21(2)14-3-10-27(24,25)12-14)20-17(19-13)18-4-5-22-6-8-26-9-7-22/h11,14H,3-10,12H2,1-2H3,(H,18,19,20). The van der Waals surface area contributed by atoms with E-state index in [-0.39, 0.29) is 29.1 Å². The summed E-state index contributed by atoms with van der Waals surface area (Å²) in [6, 6.07) is 1.34. The number of hydrogen-bond donors (Lipinski definition) is 1. The largest absolute Gasteiger partial charge is 0.379 e. The van der Waals surface area contributed by atoms with Gasteiger partial charge in [-0.15, -0.1) is 0 Å². The number of ether oxygens (including phenoxy) is 1. The van der Waals surface area contributed by atoms with Crippen LogP contribution in [0.5, 0.6) is 0 Å². The van der Waals surface area contributed by atoms with Crippen molar-refractivity contribution in [3.63, 3.8) is 0 Å². The summed E-state index contributed by atoms with van der Waals surface area (Å²) >= 11 is 0. The number of nitrogens with zero attached hydrogens (tertiary/aromatic N) is 4. The lowest BCUT2D eigenvalue weighted by atomic mass is 10.2. The number of sulfone groups is 1. The predicted molar refractivity (Wildman–Crippen MR) is 102 cm³/mol. The summed E-state index contributed by atoms with van der Waals surface area (Å²) in [4.78, 5) is 25.2. The van der Waals surface area contributed by atoms with E-state index in [4.69, 9.17) is 4.74 Å². The van der Waals surface area contributed by atoms with Crippen LogP contribution in [0, 0.1) is 6.92 Å². The van der Waals surface area contributed by atoms with E-state index in [0.29, 0.717) is 24.6 Å². The molecule has 27 heavy (non-hydrogen) atoms. The summed E-state index contributed by atoms with van der Waals surface area (Å²) in [6.45, 7) is 6.67. The topological polar surface area (TPSA) is 105 Å². The minimum atomic E-state index is -3.05. The summed E-state index contributed by atoms with van der Waals surface area (Å²) in [5, 5.41) is 3.18. The fraction of sp³-hybridized carbons (Fsp3) is 0.706. The maximum atomic E-state index is 12.8. The number of carbonyl (C=O) groups is 1. The first-order valence-corrected chi connectivity index (χ1v) is 11.0. The number of aryl methyl sites for hydroxylation is 1. The lowest BCUT2D eigenvalue weighted by Crippen LogP contribution is -2.39. The van der Waals surface area contributed by atoms with E-state index in [2.05, 4.69) is 20.2 Å². The third kappa shape index (κ3) is 5.36. The molecule has 10 heteroatoms. The number of anilines is 1. The molecule has 2 aliphatic heterocycles. The predicted octanol–water partition coefficient (Wildman–Crippen LogP) is -0.212. The fourth-order valence-corrected chi connectivity index (χ4v) is 5.11. The van der Waals surface area contributed by atoms with Crippen molar-refractivity contribution < 1.29 is 17.9 Å². The van der Waals surface area contributed by atoms with Crippen molar-refractivity contribution in [1.29, 1.82) is 0 Å². The second-order valence-electron chi connectivity index (χ2n) is 7.07. The number of morpholine rings is 1. The molecule has 0 spiro atoms. The zero-order valence-corrected chi connectivity index (χ0v) is 16.7. The monoisotopic (exact) mass is 397 g/mol. The minimum absolute atomic E-state index is 0.0178. The van der Waals surface area contributed by atoms with Gasteiger partial charge in [-0.3, -0.25) is 9.69 Å². The third-order valence-electron chi connectivity index (χ3n) is 4.96. The molecule has 0 saturated carbocycles. The van der Waals surface area contributed by atoms with Gasteiger partial charge in [0.05, 0.1) is 24.7 Å². The Labute approximate surface area is 160 Å². The maximum Gasteiger partial charge on any atom is 0.272 e.